The molecule has 4 nitrogen and oxygen atoms in total. The highest BCUT2D eigenvalue weighted by Crippen LogP contribution is 2.34. The third kappa shape index (κ3) is 3.91. The monoisotopic (exact) mass is 378 g/mol. The van der Waals surface area contributed by atoms with Gasteiger partial charge in [0.05, 0.1) is 6.61 Å². The molecule has 0 saturated carbocycles. The first-order chi connectivity index (χ1) is 13.3. The second-order valence-corrected chi connectivity index (χ2v) is 7.92. The van der Waals surface area contributed by atoms with E-state index < -0.39 is 0 Å². The molecule has 0 unspecified atom stereocenters. The van der Waals surface area contributed by atoms with Gasteiger partial charge in [-0.1, -0.05) is 51.1 Å². The number of carbonyl (C=O) groups is 3. The van der Waals surface area contributed by atoms with Crippen molar-refractivity contribution in [1.82, 2.24) is 0 Å². The van der Waals surface area contributed by atoms with Gasteiger partial charge in [-0.25, -0.2) is 0 Å². The fourth-order valence-electron chi connectivity index (χ4n) is 3.63. The minimum Gasteiger partial charge on any atom is -0.466 e. The minimum atomic E-state index is -0.222. The molecule has 0 radical (unpaired) electrons. The molecule has 0 amide bonds. The topological polar surface area (TPSA) is 60.4 Å². The van der Waals surface area contributed by atoms with E-state index in [9.17, 15) is 14.4 Å². The first-order valence-corrected chi connectivity index (χ1v) is 9.83. The van der Waals surface area contributed by atoms with Crippen LogP contribution in [0.2, 0.25) is 0 Å². The van der Waals surface area contributed by atoms with Gasteiger partial charge in [0, 0.05) is 28.7 Å². The summed E-state index contributed by atoms with van der Waals surface area (Å²) >= 11 is 0. The summed E-state index contributed by atoms with van der Waals surface area (Å²) in [5.41, 5.74) is 2.64. The molecular formula is C24H26O4. The number of rotatable bonds is 7. The summed E-state index contributed by atoms with van der Waals surface area (Å²) in [5.74, 6) is -0.375. The molecule has 2 aromatic rings. The number of fused-ring (bicyclic) bond motifs is 2. The zero-order valence-electron chi connectivity index (χ0n) is 16.7. The Morgan fingerprint density at radius 2 is 1.54 bits per heavy atom. The third-order valence-corrected chi connectivity index (χ3v) is 5.36. The number of hydrogen-bond acceptors (Lipinski definition) is 4. The summed E-state index contributed by atoms with van der Waals surface area (Å²) in [7, 11) is 0. The van der Waals surface area contributed by atoms with Crippen LogP contribution in [0.25, 0.3) is 0 Å². The van der Waals surface area contributed by atoms with Crippen LogP contribution in [0.1, 0.15) is 83.9 Å². The molecule has 0 saturated heterocycles. The van der Waals surface area contributed by atoms with E-state index in [1.54, 1.807) is 30.3 Å². The number of benzene rings is 2. The highest BCUT2D eigenvalue weighted by molar-refractivity contribution is 6.28. The number of ether oxygens (including phenoxy) is 1. The predicted octanol–water partition coefficient (Wildman–Crippen LogP) is 4.86. The average Bonchev–Trinajstić information content (AvgIpc) is 2.70. The Bertz CT molecular complexity index is 924. The van der Waals surface area contributed by atoms with Gasteiger partial charge in [0.2, 0.25) is 0 Å². The van der Waals surface area contributed by atoms with Gasteiger partial charge in [0.25, 0.3) is 0 Å². The molecule has 1 aliphatic rings. The van der Waals surface area contributed by atoms with Crippen molar-refractivity contribution in [3.05, 3.63) is 70.3 Å². The van der Waals surface area contributed by atoms with Crippen LogP contribution in [0.5, 0.6) is 0 Å². The van der Waals surface area contributed by atoms with Crippen LogP contribution < -0.4 is 0 Å². The van der Waals surface area contributed by atoms with Crippen LogP contribution >= 0.6 is 0 Å². The second-order valence-electron chi connectivity index (χ2n) is 7.92. The molecule has 0 bridgehead atoms. The molecule has 0 atom stereocenters. The van der Waals surface area contributed by atoms with Crippen molar-refractivity contribution in [1.29, 1.82) is 0 Å². The van der Waals surface area contributed by atoms with E-state index in [-0.39, 0.29) is 23.0 Å². The molecule has 0 heterocycles. The van der Waals surface area contributed by atoms with Gasteiger partial charge in [-0.05, 0) is 42.4 Å². The maximum absolute atomic E-state index is 12.9. The summed E-state index contributed by atoms with van der Waals surface area (Å²) in [4.78, 5) is 37.4. The molecule has 146 valence electrons. The van der Waals surface area contributed by atoms with Gasteiger partial charge in [0.15, 0.2) is 11.6 Å². The maximum Gasteiger partial charge on any atom is 0.305 e. The largest absolute Gasteiger partial charge is 0.466 e. The molecular weight excluding hydrogens is 352 g/mol. The first-order valence-electron chi connectivity index (χ1n) is 9.83. The van der Waals surface area contributed by atoms with Crippen molar-refractivity contribution in [2.45, 2.75) is 51.9 Å². The fraction of sp³-hybridized carbons (Fsp3) is 0.375. The second kappa shape index (κ2) is 8.09. The van der Waals surface area contributed by atoms with Gasteiger partial charge in [-0.15, -0.1) is 0 Å². The van der Waals surface area contributed by atoms with E-state index in [0.717, 1.165) is 18.4 Å². The summed E-state index contributed by atoms with van der Waals surface area (Å²) in [5, 5.41) is 0. The normalized spacial score (nSPS) is 13.1. The van der Waals surface area contributed by atoms with Crippen LogP contribution in [0, 0.1) is 0 Å². The highest BCUT2D eigenvalue weighted by atomic mass is 16.5. The quantitative estimate of drug-likeness (QED) is 0.551. The van der Waals surface area contributed by atoms with Crippen LogP contribution in [0.4, 0.5) is 0 Å². The zero-order valence-corrected chi connectivity index (χ0v) is 16.7. The van der Waals surface area contributed by atoms with Crippen molar-refractivity contribution in [2.75, 3.05) is 6.61 Å². The van der Waals surface area contributed by atoms with Gasteiger partial charge < -0.3 is 4.74 Å². The lowest BCUT2D eigenvalue weighted by Gasteiger charge is -2.27. The lowest BCUT2D eigenvalue weighted by molar-refractivity contribution is -0.143. The third-order valence-electron chi connectivity index (χ3n) is 5.36. The summed E-state index contributed by atoms with van der Waals surface area (Å²) in [6.07, 6.45) is 2.70. The molecule has 0 aliphatic heterocycles. The van der Waals surface area contributed by atoms with Crippen LogP contribution in [0.3, 0.4) is 0 Å². The molecule has 0 N–H and O–H groups in total. The Morgan fingerprint density at radius 1 is 0.929 bits per heavy atom. The van der Waals surface area contributed by atoms with E-state index in [1.807, 2.05) is 19.1 Å². The standard InChI is InChI=1S/C24H26O4/c1-4-14-28-21(25)10-7-13-24(2,3)16-11-12-19-20(15-16)23(27)18-9-6-5-8-17(18)22(19)26/h5-6,8-9,11-12,15H,4,7,10,13-14H2,1-3H3. The zero-order chi connectivity index (χ0) is 20.3. The smallest absolute Gasteiger partial charge is 0.305 e. The Balaban J connectivity index is 1.78. The van der Waals surface area contributed by atoms with E-state index in [1.165, 1.54) is 0 Å². The SMILES string of the molecule is CCCOC(=O)CCCC(C)(C)c1ccc2c(c1)C(=O)c1ccccc1C2=O. The molecule has 4 heteroatoms. The van der Waals surface area contributed by atoms with E-state index in [2.05, 4.69) is 13.8 Å². The molecule has 3 rings (SSSR count). The maximum atomic E-state index is 12.9. The Labute approximate surface area is 165 Å². The van der Waals surface area contributed by atoms with E-state index in [0.29, 0.717) is 41.7 Å². The average molecular weight is 378 g/mol. The van der Waals surface area contributed by atoms with E-state index >= 15 is 0 Å². The number of ketones is 2. The van der Waals surface area contributed by atoms with Crippen molar-refractivity contribution >= 4 is 17.5 Å². The molecule has 0 fully saturated rings. The molecule has 1 aliphatic carbocycles. The number of hydrogen-bond donors (Lipinski definition) is 0. The molecule has 28 heavy (non-hydrogen) atoms. The van der Waals surface area contributed by atoms with Crippen LogP contribution in [-0.2, 0) is 14.9 Å². The highest BCUT2D eigenvalue weighted by Gasteiger charge is 2.31. The van der Waals surface area contributed by atoms with Crippen molar-refractivity contribution in [3.8, 4) is 0 Å². The van der Waals surface area contributed by atoms with Gasteiger partial charge >= 0.3 is 5.97 Å². The number of carbonyl (C=O) groups excluding carboxylic acids is 3. The van der Waals surface area contributed by atoms with Crippen LogP contribution in [-0.4, -0.2) is 24.1 Å². The predicted molar refractivity (Wildman–Crippen MR) is 108 cm³/mol. The fourth-order valence-corrected chi connectivity index (χ4v) is 3.63. The Morgan fingerprint density at radius 3 is 2.18 bits per heavy atom. The van der Waals surface area contributed by atoms with Gasteiger partial charge in [-0.3, -0.25) is 14.4 Å². The molecule has 2 aromatic carbocycles. The van der Waals surface area contributed by atoms with Crippen molar-refractivity contribution in [3.63, 3.8) is 0 Å². The lowest BCUT2D eigenvalue weighted by atomic mass is 9.76. The van der Waals surface area contributed by atoms with Crippen molar-refractivity contribution < 1.29 is 19.1 Å². The first kappa shape index (κ1) is 20.0. The summed E-state index contributed by atoms with van der Waals surface area (Å²) in [6, 6.07) is 12.5. The van der Waals surface area contributed by atoms with Crippen LogP contribution in [0.15, 0.2) is 42.5 Å². The van der Waals surface area contributed by atoms with E-state index in [4.69, 9.17) is 4.74 Å². The van der Waals surface area contributed by atoms with Gasteiger partial charge in [0.1, 0.15) is 0 Å². The Kier molecular flexibility index (Phi) is 5.78. The summed E-state index contributed by atoms with van der Waals surface area (Å²) in [6.45, 7) is 6.62. The minimum absolute atomic E-state index is 0.103. The Hall–Kier alpha value is -2.75. The summed E-state index contributed by atoms with van der Waals surface area (Å²) < 4.78 is 5.12. The lowest BCUT2D eigenvalue weighted by Crippen LogP contribution is -2.23. The van der Waals surface area contributed by atoms with Gasteiger partial charge in [-0.2, -0.15) is 0 Å². The molecule has 0 spiro atoms. The number of esters is 1. The van der Waals surface area contributed by atoms with Crippen molar-refractivity contribution in [2.24, 2.45) is 0 Å². The molecule has 0 aromatic heterocycles.